The normalized spacial score (nSPS) is 13.0. The molecule has 1 aromatic rings. The average Bonchev–Trinajstić information content (AvgIpc) is 2.62. The Kier molecular flexibility index (Phi) is 5.88. The van der Waals surface area contributed by atoms with Crippen LogP contribution in [0.1, 0.15) is 37.4 Å². The molecule has 1 heterocycles. The number of aromatic nitrogens is 1. The summed E-state index contributed by atoms with van der Waals surface area (Å²) in [5.41, 5.74) is 1.16. The zero-order valence-corrected chi connectivity index (χ0v) is 10.9. The number of nitrogens with zero attached hydrogens (tertiary/aromatic N) is 1. The topological polar surface area (TPSA) is 24.9 Å². The molecule has 1 unspecified atom stereocenters. The maximum atomic E-state index is 4.48. The molecule has 0 aliphatic carbocycles. The largest absolute Gasteiger partial charge is 0.316 e. The maximum absolute atomic E-state index is 4.48. The van der Waals surface area contributed by atoms with E-state index in [1.807, 2.05) is 0 Å². The van der Waals surface area contributed by atoms with Crippen molar-refractivity contribution in [3.8, 4) is 0 Å². The summed E-state index contributed by atoms with van der Waals surface area (Å²) < 4.78 is 0. The Morgan fingerprint density at radius 2 is 2.33 bits per heavy atom. The second kappa shape index (κ2) is 6.96. The Bertz CT molecular complexity index is 270. The van der Waals surface area contributed by atoms with Crippen molar-refractivity contribution in [2.24, 2.45) is 5.92 Å². The van der Waals surface area contributed by atoms with Crippen molar-refractivity contribution in [3.63, 3.8) is 0 Å². The smallest absolute Gasteiger partial charge is 0.0928 e. The molecule has 2 nitrogen and oxygen atoms in total. The highest BCUT2D eigenvalue weighted by atomic mass is 32.1. The van der Waals surface area contributed by atoms with Gasteiger partial charge in [0, 0.05) is 11.1 Å². The molecule has 1 N–H and O–H groups in total. The monoisotopic (exact) mass is 226 g/mol. The molecule has 0 saturated heterocycles. The van der Waals surface area contributed by atoms with Gasteiger partial charge >= 0.3 is 0 Å². The first-order chi connectivity index (χ1) is 7.22. The Morgan fingerprint density at radius 3 is 2.93 bits per heavy atom. The van der Waals surface area contributed by atoms with Crippen molar-refractivity contribution in [1.82, 2.24) is 10.3 Å². The summed E-state index contributed by atoms with van der Waals surface area (Å²) in [6, 6.07) is 0. The van der Waals surface area contributed by atoms with Gasteiger partial charge in [-0.3, -0.25) is 0 Å². The van der Waals surface area contributed by atoms with Crippen LogP contribution in [0.15, 0.2) is 5.38 Å². The molecule has 1 rings (SSSR count). The number of hydrogen-bond acceptors (Lipinski definition) is 3. The first-order valence-electron chi connectivity index (χ1n) is 5.84. The van der Waals surface area contributed by atoms with Gasteiger partial charge in [-0.05, 0) is 45.2 Å². The Labute approximate surface area is 97.1 Å². The maximum Gasteiger partial charge on any atom is 0.0928 e. The van der Waals surface area contributed by atoms with Crippen molar-refractivity contribution in [2.45, 2.75) is 40.0 Å². The van der Waals surface area contributed by atoms with Gasteiger partial charge in [-0.25, -0.2) is 4.98 Å². The van der Waals surface area contributed by atoms with E-state index in [0.29, 0.717) is 0 Å². The highest BCUT2D eigenvalue weighted by molar-refractivity contribution is 7.09. The van der Waals surface area contributed by atoms with Gasteiger partial charge in [0.25, 0.3) is 0 Å². The van der Waals surface area contributed by atoms with Crippen LogP contribution in [0.2, 0.25) is 0 Å². The highest BCUT2D eigenvalue weighted by Crippen LogP contribution is 2.13. The van der Waals surface area contributed by atoms with Gasteiger partial charge in [0.1, 0.15) is 0 Å². The molecule has 0 aliphatic heterocycles. The van der Waals surface area contributed by atoms with E-state index in [-0.39, 0.29) is 0 Å². The summed E-state index contributed by atoms with van der Waals surface area (Å²) in [5, 5.41) is 6.88. The van der Waals surface area contributed by atoms with Crippen molar-refractivity contribution < 1.29 is 0 Å². The summed E-state index contributed by atoms with van der Waals surface area (Å²) in [6.07, 6.45) is 3.59. The first kappa shape index (κ1) is 12.7. The van der Waals surface area contributed by atoms with Gasteiger partial charge in [-0.15, -0.1) is 11.3 Å². The third-order valence-electron chi connectivity index (χ3n) is 2.44. The van der Waals surface area contributed by atoms with E-state index in [1.165, 1.54) is 17.8 Å². The second-order valence-corrected chi connectivity index (χ2v) is 5.17. The van der Waals surface area contributed by atoms with Crippen molar-refractivity contribution in [2.75, 3.05) is 13.1 Å². The molecule has 0 fully saturated rings. The van der Waals surface area contributed by atoms with E-state index < -0.39 is 0 Å². The lowest BCUT2D eigenvalue weighted by molar-refractivity contribution is 0.481. The van der Waals surface area contributed by atoms with Gasteiger partial charge in [0.2, 0.25) is 0 Å². The van der Waals surface area contributed by atoms with Crippen LogP contribution in [0.4, 0.5) is 0 Å². The van der Waals surface area contributed by atoms with E-state index in [1.54, 1.807) is 11.3 Å². The summed E-state index contributed by atoms with van der Waals surface area (Å²) in [6.45, 7) is 8.85. The number of aryl methyl sites for hydroxylation is 2. The number of thiazole rings is 1. The lowest BCUT2D eigenvalue weighted by atomic mass is 10.1. The van der Waals surface area contributed by atoms with Crippen LogP contribution in [0.3, 0.4) is 0 Å². The zero-order valence-electron chi connectivity index (χ0n) is 10.0. The van der Waals surface area contributed by atoms with Crippen LogP contribution in [0.5, 0.6) is 0 Å². The summed E-state index contributed by atoms with van der Waals surface area (Å²) >= 11 is 1.79. The van der Waals surface area contributed by atoms with E-state index in [0.717, 1.165) is 31.1 Å². The number of nitrogens with one attached hydrogen (secondary N) is 1. The highest BCUT2D eigenvalue weighted by Gasteiger charge is 2.04. The SMILES string of the molecule is CCCNCC(C)CCc1nc(C)cs1. The van der Waals surface area contributed by atoms with Crippen LogP contribution in [-0.2, 0) is 6.42 Å². The lowest BCUT2D eigenvalue weighted by Crippen LogP contribution is -2.22. The fourth-order valence-corrected chi connectivity index (χ4v) is 2.31. The van der Waals surface area contributed by atoms with E-state index >= 15 is 0 Å². The summed E-state index contributed by atoms with van der Waals surface area (Å²) in [7, 11) is 0. The molecule has 1 atom stereocenters. The second-order valence-electron chi connectivity index (χ2n) is 4.23. The molecule has 15 heavy (non-hydrogen) atoms. The first-order valence-corrected chi connectivity index (χ1v) is 6.72. The Morgan fingerprint density at radius 1 is 1.53 bits per heavy atom. The fraction of sp³-hybridized carbons (Fsp3) is 0.750. The molecule has 3 heteroatoms. The summed E-state index contributed by atoms with van der Waals surface area (Å²) in [5.74, 6) is 0.751. The van der Waals surface area contributed by atoms with Crippen molar-refractivity contribution in [1.29, 1.82) is 0 Å². The van der Waals surface area contributed by atoms with E-state index in [4.69, 9.17) is 0 Å². The third kappa shape index (κ3) is 5.28. The van der Waals surface area contributed by atoms with Gasteiger partial charge < -0.3 is 5.32 Å². The molecular weight excluding hydrogens is 204 g/mol. The van der Waals surface area contributed by atoms with Gasteiger partial charge in [-0.1, -0.05) is 13.8 Å². The Balaban J connectivity index is 2.13. The zero-order chi connectivity index (χ0) is 11.1. The number of hydrogen-bond donors (Lipinski definition) is 1. The van der Waals surface area contributed by atoms with Crippen LogP contribution in [0.25, 0.3) is 0 Å². The molecular formula is C12H22N2S. The minimum atomic E-state index is 0.751. The predicted molar refractivity (Wildman–Crippen MR) is 67.5 cm³/mol. The fourth-order valence-electron chi connectivity index (χ4n) is 1.51. The van der Waals surface area contributed by atoms with E-state index in [2.05, 4.69) is 36.5 Å². The minimum absolute atomic E-state index is 0.751. The van der Waals surface area contributed by atoms with Crippen molar-refractivity contribution >= 4 is 11.3 Å². The van der Waals surface area contributed by atoms with Crippen LogP contribution in [-0.4, -0.2) is 18.1 Å². The molecule has 0 spiro atoms. The van der Waals surface area contributed by atoms with E-state index in [9.17, 15) is 0 Å². The van der Waals surface area contributed by atoms with Crippen LogP contribution >= 0.6 is 11.3 Å². The molecule has 86 valence electrons. The van der Waals surface area contributed by atoms with Gasteiger partial charge in [0.05, 0.1) is 5.01 Å². The number of rotatable bonds is 7. The summed E-state index contributed by atoms with van der Waals surface area (Å²) in [4.78, 5) is 4.48. The van der Waals surface area contributed by atoms with Crippen LogP contribution in [0, 0.1) is 12.8 Å². The Hall–Kier alpha value is -0.410. The third-order valence-corrected chi connectivity index (χ3v) is 3.46. The lowest BCUT2D eigenvalue weighted by Gasteiger charge is -2.10. The molecule has 0 radical (unpaired) electrons. The molecule has 0 bridgehead atoms. The van der Waals surface area contributed by atoms with Gasteiger partial charge in [0.15, 0.2) is 0 Å². The predicted octanol–water partition coefficient (Wildman–Crippen LogP) is 3.02. The molecule has 0 aromatic carbocycles. The quantitative estimate of drug-likeness (QED) is 0.723. The van der Waals surface area contributed by atoms with Crippen LogP contribution < -0.4 is 5.32 Å². The standard InChI is InChI=1S/C12H22N2S/c1-4-7-13-8-10(2)5-6-12-14-11(3)9-15-12/h9-10,13H,4-8H2,1-3H3. The average molecular weight is 226 g/mol. The van der Waals surface area contributed by atoms with Gasteiger partial charge in [-0.2, -0.15) is 0 Å². The molecule has 1 aromatic heterocycles. The minimum Gasteiger partial charge on any atom is -0.316 e. The molecule has 0 aliphatic rings. The molecule has 0 amide bonds. The molecule has 0 saturated carbocycles. The van der Waals surface area contributed by atoms with Crippen molar-refractivity contribution in [3.05, 3.63) is 16.1 Å².